The number of carbonyl (C=O) groups excluding carboxylic acids is 1. The van der Waals surface area contributed by atoms with E-state index in [9.17, 15) is 9.18 Å². The minimum Gasteiger partial charge on any atom is -0.396 e. The SMILES string of the molecule is CC(CO)C(C)NC(=O)NCc1cccc(F)c1. The van der Waals surface area contributed by atoms with E-state index in [1.54, 1.807) is 12.1 Å². The fraction of sp³-hybridized carbons (Fsp3) is 0.462. The molecule has 1 aromatic rings. The van der Waals surface area contributed by atoms with E-state index in [0.717, 1.165) is 0 Å². The molecular weight excluding hydrogens is 235 g/mol. The molecule has 0 radical (unpaired) electrons. The zero-order valence-corrected chi connectivity index (χ0v) is 10.6. The summed E-state index contributed by atoms with van der Waals surface area (Å²) in [6.45, 7) is 3.95. The van der Waals surface area contributed by atoms with Gasteiger partial charge in [0, 0.05) is 19.2 Å². The van der Waals surface area contributed by atoms with Crippen molar-refractivity contribution >= 4 is 6.03 Å². The average Bonchev–Trinajstić information content (AvgIpc) is 2.35. The van der Waals surface area contributed by atoms with Crippen molar-refractivity contribution in [2.45, 2.75) is 26.4 Å². The van der Waals surface area contributed by atoms with Crippen LogP contribution in [0.4, 0.5) is 9.18 Å². The first-order valence-corrected chi connectivity index (χ1v) is 5.92. The molecule has 0 saturated carbocycles. The van der Waals surface area contributed by atoms with Gasteiger partial charge in [0.25, 0.3) is 0 Å². The molecule has 0 aliphatic carbocycles. The van der Waals surface area contributed by atoms with E-state index in [2.05, 4.69) is 10.6 Å². The van der Waals surface area contributed by atoms with Crippen molar-refractivity contribution in [1.29, 1.82) is 0 Å². The Hall–Kier alpha value is -1.62. The molecule has 3 N–H and O–H groups in total. The highest BCUT2D eigenvalue weighted by Gasteiger charge is 2.13. The molecule has 0 fully saturated rings. The number of urea groups is 1. The van der Waals surface area contributed by atoms with Gasteiger partial charge in [-0.25, -0.2) is 9.18 Å². The normalized spacial score (nSPS) is 13.8. The van der Waals surface area contributed by atoms with Crippen LogP contribution in [0, 0.1) is 11.7 Å². The van der Waals surface area contributed by atoms with E-state index in [0.29, 0.717) is 5.56 Å². The first kappa shape index (κ1) is 14.4. The lowest BCUT2D eigenvalue weighted by Gasteiger charge is -2.19. The molecular formula is C13H19FN2O2. The summed E-state index contributed by atoms with van der Waals surface area (Å²) in [4.78, 5) is 11.5. The third kappa shape index (κ3) is 4.71. The molecule has 0 aromatic heterocycles. The van der Waals surface area contributed by atoms with Gasteiger partial charge in [-0.2, -0.15) is 0 Å². The van der Waals surface area contributed by atoms with Gasteiger partial charge >= 0.3 is 6.03 Å². The largest absolute Gasteiger partial charge is 0.396 e. The maximum atomic E-state index is 12.9. The molecule has 0 saturated heterocycles. The number of hydrogen-bond acceptors (Lipinski definition) is 2. The molecule has 0 aliphatic heterocycles. The second kappa shape index (κ2) is 6.96. The van der Waals surface area contributed by atoms with Gasteiger partial charge in [-0.15, -0.1) is 0 Å². The molecule has 1 rings (SSSR count). The standard InChI is InChI=1S/C13H19FN2O2/c1-9(8-17)10(2)16-13(18)15-7-11-4-3-5-12(14)6-11/h3-6,9-10,17H,7-8H2,1-2H3,(H2,15,16,18). The van der Waals surface area contributed by atoms with Crippen LogP contribution in [0.25, 0.3) is 0 Å². The molecule has 5 heteroatoms. The molecule has 0 aliphatic rings. The third-order valence-electron chi connectivity index (χ3n) is 2.84. The number of aliphatic hydroxyl groups is 1. The molecule has 100 valence electrons. The van der Waals surface area contributed by atoms with Crippen LogP contribution in [0.2, 0.25) is 0 Å². The number of benzene rings is 1. The van der Waals surface area contributed by atoms with E-state index >= 15 is 0 Å². The fourth-order valence-electron chi connectivity index (χ4n) is 1.39. The molecule has 0 spiro atoms. The number of nitrogens with one attached hydrogen (secondary N) is 2. The molecule has 2 amide bonds. The lowest BCUT2D eigenvalue weighted by atomic mass is 10.1. The zero-order valence-electron chi connectivity index (χ0n) is 10.6. The molecule has 2 unspecified atom stereocenters. The van der Waals surface area contributed by atoms with Gasteiger partial charge < -0.3 is 15.7 Å². The molecule has 0 bridgehead atoms. The van der Waals surface area contributed by atoms with E-state index < -0.39 is 0 Å². The molecule has 18 heavy (non-hydrogen) atoms. The summed E-state index contributed by atoms with van der Waals surface area (Å²) in [6, 6.07) is 5.62. The monoisotopic (exact) mass is 254 g/mol. The van der Waals surface area contributed by atoms with Crippen molar-refractivity contribution in [2.24, 2.45) is 5.92 Å². The number of aliphatic hydroxyl groups excluding tert-OH is 1. The van der Waals surface area contributed by atoms with E-state index in [1.807, 2.05) is 13.8 Å². The van der Waals surface area contributed by atoms with Gasteiger partial charge in [0.2, 0.25) is 0 Å². The van der Waals surface area contributed by atoms with Crippen molar-refractivity contribution in [2.75, 3.05) is 6.61 Å². The Morgan fingerprint density at radius 3 is 2.78 bits per heavy atom. The van der Waals surface area contributed by atoms with Gasteiger partial charge in [-0.3, -0.25) is 0 Å². The second-order valence-electron chi connectivity index (χ2n) is 4.41. The molecule has 1 aromatic carbocycles. The summed E-state index contributed by atoms with van der Waals surface area (Å²) < 4.78 is 12.9. The quantitative estimate of drug-likeness (QED) is 0.748. The van der Waals surface area contributed by atoms with Crippen LogP contribution < -0.4 is 10.6 Å². The number of hydrogen-bond donors (Lipinski definition) is 3. The zero-order chi connectivity index (χ0) is 13.5. The Bertz CT molecular complexity index is 398. The van der Waals surface area contributed by atoms with Crippen LogP contribution in [0.1, 0.15) is 19.4 Å². The highest BCUT2D eigenvalue weighted by molar-refractivity contribution is 5.74. The molecule has 4 nitrogen and oxygen atoms in total. The van der Waals surface area contributed by atoms with E-state index in [1.165, 1.54) is 12.1 Å². The Labute approximate surface area is 106 Å². The predicted molar refractivity (Wildman–Crippen MR) is 67.5 cm³/mol. The predicted octanol–water partition coefficient (Wildman–Crippen LogP) is 1.64. The summed E-state index contributed by atoms with van der Waals surface area (Å²) >= 11 is 0. The van der Waals surface area contributed by atoms with Crippen LogP contribution in [0.15, 0.2) is 24.3 Å². The molecule has 2 atom stereocenters. The third-order valence-corrected chi connectivity index (χ3v) is 2.84. The Balaban J connectivity index is 2.37. The van der Waals surface area contributed by atoms with Crippen LogP contribution in [0.5, 0.6) is 0 Å². The Kier molecular flexibility index (Phi) is 5.58. The van der Waals surface area contributed by atoms with Gasteiger partial charge in [-0.1, -0.05) is 19.1 Å². The summed E-state index contributed by atoms with van der Waals surface area (Å²) in [5, 5.41) is 14.3. The highest BCUT2D eigenvalue weighted by atomic mass is 19.1. The maximum absolute atomic E-state index is 12.9. The van der Waals surface area contributed by atoms with Crippen molar-refractivity contribution in [3.05, 3.63) is 35.6 Å². The number of rotatable bonds is 5. The van der Waals surface area contributed by atoms with Gasteiger partial charge in [0.15, 0.2) is 0 Å². The fourth-order valence-corrected chi connectivity index (χ4v) is 1.39. The minimum absolute atomic E-state index is 0.00933. The van der Waals surface area contributed by atoms with Crippen LogP contribution in [-0.2, 0) is 6.54 Å². The topological polar surface area (TPSA) is 61.4 Å². The Morgan fingerprint density at radius 2 is 2.17 bits per heavy atom. The lowest BCUT2D eigenvalue weighted by molar-refractivity contribution is 0.200. The summed E-state index contributed by atoms with van der Waals surface area (Å²) in [6.07, 6.45) is 0. The lowest BCUT2D eigenvalue weighted by Crippen LogP contribution is -2.43. The first-order valence-electron chi connectivity index (χ1n) is 5.92. The highest BCUT2D eigenvalue weighted by Crippen LogP contribution is 2.03. The summed E-state index contributed by atoms with van der Waals surface area (Å²) in [5.74, 6) is -0.332. The Morgan fingerprint density at radius 1 is 1.44 bits per heavy atom. The molecule has 0 heterocycles. The van der Waals surface area contributed by atoms with E-state index in [4.69, 9.17) is 5.11 Å². The van der Waals surface area contributed by atoms with Crippen molar-refractivity contribution in [3.8, 4) is 0 Å². The van der Waals surface area contributed by atoms with Crippen LogP contribution in [0.3, 0.4) is 0 Å². The van der Waals surface area contributed by atoms with E-state index in [-0.39, 0.29) is 37.0 Å². The summed E-state index contributed by atoms with van der Waals surface area (Å²) in [7, 11) is 0. The number of halogens is 1. The van der Waals surface area contributed by atoms with Crippen molar-refractivity contribution < 1.29 is 14.3 Å². The maximum Gasteiger partial charge on any atom is 0.315 e. The smallest absolute Gasteiger partial charge is 0.315 e. The van der Waals surface area contributed by atoms with Gasteiger partial charge in [-0.05, 0) is 30.5 Å². The van der Waals surface area contributed by atoms with Gasteiger partial charge in [0.05, 0.1) is 0 Å². The second-order valence-corrected chi connectivity index (χ2v) is 4.41. The van der Waals surface area contributed by atoms with Crippen molar-refractivity contribution in [1.82, 2.24) is 10.6 Å². The first-order chi connectivity index (χ1) is 8.52. The van der Waals surface area contributed by atoms with Crippen molar-refractivity contribution in [3.63, 3.8) is 0 Å². The van der Waals surface area contributed by atoms with Crippen LogP contribution in [-0.4, -0.2) is 23.8 Å². The number of amides is 2. The number of carbonyl (C=O) groups is 1. The average molecular weight is 254 g/mol. The summed E-state index contributed by atoms with van der Waals surface area (Å²) in [5.41, 5.74) is 0.702. The minimum atomic E-state index is -0.327. The van der Waals surface area contributed by atoms with Crippen LogP contribution >= 0.6 is 0 Å². The van der Waals surface area contributed by atoms with Gasteiger partial charge in [0.1, 0.15) is 5.82 Å².